The molecule has 0 saturated heterocycles. The van der Waals surface area contributed by atoms with Gasteiger partial charge in [0.2, 0.25) is 0 Å². The van der Waals surface area contributed by atoms with Crippen molar-refractivity contribution in [3.63, 3.8) is 0 Å². The van der Waals surface area contributed by atoms with Crippen LogP contribution >= 0.6 is 11.6 Å². The van der Waals surface area contributed by atoms with Gasteiger partial charge in [-0.3, -0.25) is 0 Å². The highest BCUT2D eigenvalue weighted by Crippen LogP contribution is 2.39. The molecule has 1 aliphatic heterocycles. The lowest BCUT2D eigenvalue weighted by molar-refractivity contribution is 0.152. The molecule has 0 amide bonds. The lowest BCUT2D eigenvalue weighted by Crippen LogP contribution is -2.25. The molecule has 29 heavy (non-hydrogen) atoms. The van der Waals surface area contributed by atoms with E-state index in [1.54, 1.807) is 0 Å². The van der Waals surface area contributed by atoms with E-state index < -0.39 is 34.9 Å². The van der Waals surface area contributed by atoms with Gasteiger partial charge in [-0.05, 0) is 47.7 Å². The molecule has 2 nitrogen and oxygen atoms in total. The van der Waals surface area contributed by atoms with Gasteiger partial charge in [0.25, 0.3) is 0 Å². The number of hydrogen-bond donors (Lipinski definition) is 1. The monoisotopic (exact) mass is 416 g/mol. The normalized spacial score (nSPS) is 15.8. The minimum absolute atomic E-state index is 0.232. The van der Waals surface area contributed by atoms with E-state index in [9.17, 15) is 18.3 Å². The highest BCUT2D eigenvalue weighted by Gasteiger charge is 2.31. The third-order valence-corrected chi connectivity index (χ3v) is 5.11. The molecule has 1 unspecified atom stereocenters. The van der Waals surface area contributed by atoms with Gasteiger partial charge in [-0.2, -0.15) is 0 Å². The Labute approximate surface area is 170 Å². The van der Waals surface area contributed by atoms with Crippen LogP contribution in [0.25, 0.3) is 17.0 Å². The molecule has 0 aromatic heterocycles. The lowest BCUT2D eigenvalue weighted by Gasteiger charge is -2.25. The van der Waals surface area contributed by atoms with Crippen LogP contribution in [0.2, 0.25) is 5.02 Å². The molecule has 148 valence electrons. The standard InChI is InChI=1S/C23H16ClF3O2/c24-16-8-6-15(7-9-16)14-4-1-13(2-5-14)3-10-20-22(28)21(27)18-11-17(25)12-19(26)23(18)29-20/h1-2,4-9,11-12,20,28H,3,10H2. The Kier molecular flexibility index (Phi) is 5.24. The van der Waals surface area contributed by atoms with E-state index in [0.717, 1.165) is 22.8 Å². The maximum atomic E-state index is 14.4. The second kappa shape index (κ2) is 7.84. The highest BCUT2D eigenvalue weighted by atomic mass is 35.5. The number of aryl methyl sites for hydroxylation is 1. The summed E-state index contributed by atoms with van der Waals surface area (Å²) in [5.41, 5.74) is 2.58. The second-order valence-corrected chi connectivity index (χ2v) is 7.25. The average molecular weight is 417 g/mol. The van der Waals surface area contributed by atoms with Crippen LogP contribution < -0.4 is 4.74 Å². The molecule has 0 saturated carbocycles. The molecule has 0 radical (unpaired) electrons. The molecule has 0 fully saturated rings. The van der Waals surface area contributed by atoms with Crippen LogP contribution in [0.15, 0.2) is 66.4 Å². The molecule has 0 bridgehead atoms. The van der Waals surface area contributed by atoms with Gasteiger partial charge in [0.05, 0.1) is 5.56 Å². The predicted octanol–water partition coefficient (Wildman–Crippen LogP) is 6.88. The Bertz CT molecular complexity index is 1080. The molecule has 3 aromatic carbocycles. The third kappa shape index (κ3) is 3.96. The van der Waals surface area contributed by atoms with E-state index in [0.29, 0.717) is 17.5 Å². The molecular weight excluding hydrogens is 401 g/mol. The van der Waals surface area contributed by atoms with Gasteiger partial charge in [0.1, 0.15) is 5.82 Å². The smallest absolute Gasteiger partial charge is 0.175 e. The van der Waals surface area contributed by atoms with Gasteiger partial charge in [-0.1, -0.05) is 48.0 Å². The van der Waals surface area contributed by atoms with Crippen molar-refractivity contribution in [1.82, 2.24) is 0 Å². The number of aliphatic hydroxyl groups excluding tert-OH is 1. The predicted molar refractivity (Wildman–Crippen MR) is 107 cm³/mol. The van der Waals surface area contributed by atoms with Crippen molar-refractivity contribution in [1.29, 1.82) is 0 Å². The molecule has 1 atom stereocenters. The maximum Gasteiger partial charge on any atom is 0.175 e. The number of fused-ring (bicyclic) bond motifs is 1. The summed E-state index contributed by atoms with van der Waals surface area (Å²) in [6, 6.07) is 16.7. The minimum Gasteiger partial charge on any atom is -0.506 e. The zero-order chi connectivity index (χ0) is 20.5. The van der Waals surface area contributed by atoms with E-state index >= 15 is 0 Å². The van der Waals surface area contributed by atoms with E-state index in [4.69, 9.17) is 16.3 Å². The number of ether oxygens (including phenoxy) is 1. The SMILES string of the molecule is OC1=C(F)c2cc(F)cc(F)c2OC1CCc1ccc(-c2ccc(Cl)cc2)cc1. The first-order chi connectivity index (χ1) is 13.9. The molecule has 1 aliphatic rings. The van der Waals surface area contributed by atoms with Crippen molar-refractivity contribution in [3.05, 3.63) is 94.2 Å². The first kappa shape index (κ1) is 19.4. The number of benzene rings is 3. The van der Waals surface area contributed by atoms with Crippen molar-refractivity contribution in [2.24, 2.45) is 0 Å². The second-order valence-electron chi connectivity index (χ2n) is 6.81. The Morgan fingerprint density at radius 3 is 2.17 bits per heavy atom. The van der Waals surface area contributed by atoms with Gasteiger partial charge >= 0.3 is 0 Å². The van der Waals surface area contributed by atoms with Crippen LogP contribution in [0.3, 0.4) is 0 Å². The molecule has 1 heterocycles. The number of halogens is 4. The van der Waals surface area contributed by atoms with E-state index in [1.165, 1.54) is 0 Å². The summed E-state index contributed by atoms with van der Waals surface area (Å²) in [5, 5.41) is 10.7. The van der Waals surface area contributed by atoms with Crippen LogP contribution in [0.5, 0.6) is 5.75 Å². The first-order valence-electron chi connectivity index (χ1n) is 9.02. The average Bonchev–Trinajstić information content (AvgIpc) is 2.71. The van der Waals surface area contributed by atoms with Crippen molar-refractivity contribution in [3.8, 4) is 16.9 Å². The zero-order valence-electron chi connectivity index (χ0n) is 15.1. The van der Waals surface area contributed by atoms with Crippen LogP contribution in [0.1, 0.15) is 17.5 Å². The largest absolute Gasteiger partial charge is 0.506 e. The van der Waals surface area contributed by atoms with Crippen molar-refractivity contribution >= 4 is 17.4 Å². The van der Waals surface area contributed by atoms with Crippen LogP contribution in [0.4, 0.5) is 13.2 Å². The van der Waals surface area contributed by atoms with Gasteiger partial charge in [0.15, 0.2) is 29.3 Å². The molecule has 6 heteroatoms. The van der Waals surface area contributed by atoms with Crippen molar-refractivity contribution in [2.75, 3.05) is 0 Å². The summed E-state index contributed by atoms with van der Waals surface area (Å²) in [7, 11) is 0. The summed E-state index contributed by atoms with van der Waals surface area (Å²) < 4.78 is 47.1. The Balaban J connectivity index is 1.48. The number of hydrogen-bond acceptors (Lipinski definition) is 2. The Hall–Kier alpha value is -2.92. The lowest BCUT2D eigenvalue weighted by atomic mass is 9.99. The third-order valence-electron chi connectivity index (χ3n) is 4.86. The first-order valence-corrected chi connectivity index (χ1v) is 9.40. The summed E-state index contributed by atoms with van der Waals surface area (Å²) in [5.74, 6) is -4.04. The fourth-order valence-corrected chi connectivity index (χ4v) is 3.45. The van der Waals surface area contributed by atoms with Gasteiger partial charge in [-0.15, -0.1) is 0 Å². The van der Waals surface area contributed by atoms with Crippen LogP contribution in [-0.4, -0.2) is 11.2 Å². The van der Waals surface area contributed by atoms with Gasteiger partial charge in [0, 0.05) is 11.1 Å². The quantitative estimate of drug-likeness (QED) is 0.502. The Morgan fingerprint density at radius 1 is 0.897 bits per heavy atom. The molecule has 3 aromatic rings. The van der Waals surface area contributed by atoms with Crippen molar-refractivity contribution in [2.45, 2.75) is 18.9 Å². The molecule has 0 spiro atoms. The van der Waals surface area contributed by atoms with E-state index in [1.807, 2.05) is 48.5 Å². The Morgan fingerprint density at radius 2 is 1.52 bits per heavy atom. The molecular formula is C23H16ClF3O2. The van der Waals surface area contributed by atoms with Gasteiger partial charge < -0.3 is 9.84 Å². The fraction of sp³-hybridized carbons (Fsp3) is 0.130. The topological polar surface area (TPSA) is 29.5 Å². The number of aliphatic hydroxyl groups is 1. The summed E-state index contributed by atoms with van der Waals surface area (Å²) >= 11 is 5.91. The zero-order valence-corrected chi connectivity index (χ0v) is 15.9. The van der Waals surface area contributed by atoms with Crippen LogP contribution in [0, 0.1) is 11.6 Å². The maximum absolute atomic E-state index is 14.4. The molecule has 0 aliphatic carbocycles. The summed E-state index contributed by atoms with van der Waals surface area (Å²) in [4.78, 5) is 0. The summed E-state index contributed by atoms with van der Waals surface area (Å²) in [6.45, 7) is 0. The fourth-order valence-electron chi connectivity index (χ4n) is 3.32. The van der Waals surface area contributed by atoms with E-state index in [-0.39, 0.29) is 12.2 Å². The summed E-state index contributed by atoms with van der Waals surface area (Å²) in [6.07, 6.45) is -0.338. The minimum atomic E-state index is -1.06. The van der Waals surface area contributed by atoms with Crippen molar-refractivity contribution < 1.29 is 23.0 Å². The number of rotatable bonds is 4. The molecule has 1 N–H and O–H groups in total. The molecule has 4 rings (SSSR count). The van der Waals surface area contributed by atoms with Gasteiger partial charge in [-0.25, -0.2) is 13.2 Å². The van der Waals surface area contributed by atoms with Crippen LogP contribution in [-0.2, 0) is 6.42 Å². The highest BCUT2D eigenvalue weighted by molar-refractivity contribution is 6.30. The van der Waals surface area contributed by atoms with E-state index in [2.05, 4.69) is 0 Å².